The second-order valence-corrected chi connectivity index (χ2v) is 6.09. The van der Waals surface area contributed by atoms with E-state index in [4.69, 9.17) is 11.5 Å². The van der Waals surface area contributed by atoms with Gasteiger partial charge in [-0.05, 0) is 43.7 Å². The number of nitrogens with two attached hydrogens (primary N) is 2. The third kappa shape index (κ3) is 2.56. The van der Waals surface area contributed by atoms with E-state index in [9.17, 15) is 4.39 Å². The first-order valence-corrected chi connectivity index (χ1v) is 7.68. The Bertz CT molecular complexity index is 497. The molecule has 2 atom stereocenters. The summed E-state index contributed by atoms with van der Waals surface area (Å²) in [4.78, 5) is 4.53. The van der Waals surface area contributed by atoms with Crippen molar-refractivity contribution in [2.75, 3.05) is 12.0 Å². The molecule has 0 amide bonds. The van der Waals surface area contributed by atoms with Crippen LogP contribution in [0.3, 0.4) is 0 Å². The molecule has 0 bridgehead atoms. The van der Waals surface area contributed by atoms with E-state index in [0.717, 1.165) is 19.3 Å². The third-order valence-electron chi connectivity index (χ3n) is 3.92. The summed E-state index contributed by atoms with van der Waals surface area (Å²) in [6.45, 7) is 2.11. The molecule has 0 saturated carbocycles. The average Bonchev–Trinajstić information content (AvgIpc) is 2.42. The van der Waals surface area contributed by atoms with Crippen molar-refractivity contribution in [1.29, 1.82) is 0 Å². The zero-order valence-electron chi connectivity index (χ0n) is 11.3. The van der Waals surface area contributed by atoms with Gasteiger partial charge in [0.15, 0.2) is 0 Å². The summed E-state index contributed by atoms with van der Waals surface area (Å²) in [5, 5.41) is 0. The summed E-state index contributed by atoms with van der Waals surface area (Å²) >= 11 is 1.73. The van der Waals surface area contributed by atoms with Gasteiger partial charge in [0.1, 0.15) is 11.7 Å². The molecule has 2 unspecified atom stereocenters. The second kappa shape index (κ2) is 5.41. The van der Waals surface area contributed by atoms with Crippen molar-refractivity contribution in [3.05, 3.63) is 29.6 Å². The molecular formula is C14H20FN3S. The Kier molecular flexibility index (Phi) is 4.04. The van der Waals surface area contributed by atoms with E-state index in [-0.39, 0.29) is 16.6 Å². The molecule has 104 valence electrons. The van der Waals surface area contributed by atoms with Gasteiger partial charge in [0, 0.05) is 11.3 Å². The number of nitrogen functional groups attached to an aromatic ring is 1. The predicted octanol–water partition coefficient (Wildman–Crippen LogP) is 3.11. The Morgan fingerprint density at radius 1 is 1.47 bits per heavy atom. The molecule has 5 heteroatoms. The van der Waals surface area contributed by atoms with Gasteiger partial charge in [0.05, 0.1) is 10.8 Å². The third-order valence-corrected chi connectivity index (χ3v) is 5.41. The minimum absolute atomic E-state index is 0.0900. The number of amidine groups is 1. The normalized spacial score (nSPS) is 27.1. The summed E-state index contributed by atoms with van der Waals surface area (Å²) in [7, 11) is 0. The quantitative estimate of drug-likeness (QED) is 0.837. The number of rotatable bonds is 3. The number of hydrogen-bond donors (Lipinski definition) is 2. The Labute approximate surface area is 117 Å². The van der Waals surface area contributed by atoms with Crippen LogP contribution in [0.25, 0.3) is 0 Å². The largest absolute Gasteiger partial charge is 0.399 e. The Morgan fingerprint density at radius 2 is 2.21 bits per heavy atom. The lowest BCUT2D eigenvalue weighted by Crippen LogP contribution is -2.43. The van der Waals surface area contributed by atoms with E-state index in [1.165, 1.54) is 6.07 Å². The SMILES string of the molecule is CCC1(SC)CCC(c2cc(N)ccc2F)N=C1N. The highest BCUT2D eigenvalue weighted by Gasteiger charge is 2.37. The fourth-order valence-corrected chi connectivity index (χ4v) is 3.47. The van der Waals surface area contributed by atoms with Crippen molar-refractivity contribution in [2.45, 2.75) is 37.0 Å². The van der Waals surface area contributed by atoms with Gasteiger partial charge in [-0.15, -0.1) is 0 Å². The molecule has 1 heterocycles. The molecule has 1 aliphatic rings. The molecule has 0 radical (unpaired) electrons. The maximum Gasteiger partial charge on any atom is 0.128 e. The van der Waals surface area contributed by atoms with Crippen LogP contribution in [-0.2, 0) is 0 Å². The predicted molar refractivity (Wildman–Crippen MR) is 80.9 cm³/mol. The van der Waals surface area contributed by atoms with Crippen LogP contribution in [0.1, 0.15) is 37.8 Å². The van der Waals surface area contributed by atoms with Gasteiger partial charge >= 0.3 is 0 Å². The van der Waals surface area contributed by atoms with Gasteiger partial charge < -0.3 is 11.5 Å². The van der Waals surface area contributed by atoms with Crippen molar-refractivity contribution in [1.82, 2.24) is 0 Å². The lowest BCUT2D eigenvalue weighted by Gasteiger charge is -2.36. The van der Waals surface area contributed by atoms with Crippen LogP contribution in [0.5, 0.6) is 0 Å². The van der Waals surface area contributed by atoms with Crippen molar-refractivity contribution in [3.63, 3.8) is 0 Å². The Balaban J connectivity index is 2.35. The molecule has 19 heavy (non-hydrogen) atoms. The van der Waals surface area contributed by atoms with Crippen LogP contribution in [0.4, 0.5) is 10.1 Å². The maximum absolute atomic E-state index is 13.9. The monoisotopic (exact) mass is 281 g/mol. The van der Waals surface area contributed by atoms with Gasteiger partial charge in [-0.2, -0.15) is 11.8 Å². The van der Waals surface area contributed by atoms with Gasteiger partial charge in [0.25, 0.3) is 0 Å². The summed E-state index contributed by atoms with van der Waals surface area (Å²) in [6, 6.07) is 4.41. The summed E-state index contributed by atoms with van der Waals surface area (Å²) in [6.07, 6.45) is 4.71. The molecule has 0 fully saturated rings. The zero-order chi connectivity index (χ0) is 14.0. The van der Waals surface area contributed by atoms with Crippen LogP contribution in [0.2, 0.25) is 0 Å². The molecule has 0 aliphatic carbocycles. The van der Waals surface area contributed by atoms with Crippen molar-refractivity contribution in [3.8, 4) is 0 Å². The summed E-state index contributed by atoms with van der Waals surface area (Å²) < 4.78 is 13.8. The fourth-order valence-electron chi connectivity index (χ4n) is 2.60. The van der Waals surface area contributed by atoms with E-state index in [0.29, 0.717) is 17.1 Å². The van der Waals surface area contributed by atoms with Gasteiger partial charge in [-0.3, -0.25) is 4.99 Å². The van der Waals surface area contributed by atoms with Crippen LogP contribution in [-0.4, -0.2) is 16.8 Å². The first kappa shape index (κ1) is 14.2. The van der Waals surface area contributed by atoms with Crippen LogP contribution in [0, 0.1) is 5.82 Å². The van der Waals surface area contributed by atoms with Gasteiger partial charge in [-0.25, -0.2) is 4.39 Å². The van der Waals surface area contributed by atoms with E-state index in [1.54, 1.807) is 23.9 Å². The second-order valence-electron chi connectivity index (χ2n) is 4.90. The standard InChI is InChI=1S/C14H20FN3S/c1-3-14(19-2)7-6-12(18-13(14)17)10-8-9(16)4-5-11(10)15/h4-5,8,12H,3,6-7,16H2,1-2H3,(H2,17,18). The smallest absolute Gasteiger partial charge is 0.128 e. The lowest BCUT2D eigenvalue weighted by atomic mass is 9.89. The maximum atomic E-state index is 13.9. The van der Waals surface area contributed by atoms with E-state index >= 15 is 0 Å². The topological polar surface area (TPSA) is 64.4 Å². The number of aliphatic imine (C=N–C) groups is 1. The van der Waals surface area contributed by atoms with Crippen LogP contribution < -0.4 is 11.5 Å². The first-order valence-electron chi connectivity index (χ1n) is 6.46. The van der Waals surface area contributed by atoms with Gasteiger partial charge in [-0.1, -0.05) is 6.92 Å². The number of halogens is 1. The molecule has 1 aliphatic heterocycles. The molecule has 0 aromatic heterocycles. The highest BCUT2D eigenvalue weighted by molar-refractivity contribution is 8.00. The average molecular weight is 281 g/mol. The molecular weight excluding hydrogens is 261 g/mol. The van der Waals surface area contributed by atoms with Crippen molar-refractivity contribution < 1.29 is 4.39 Å². The lowest BCUT2D eigenvalue weighted by molar-refractivity contribution is 0.495. The van der Waals surface area contributed by atoms with E-state index < -0.39 is 0 Å². The summed E-state index contributed by atoms with van der Waals surface area (Å²) in [5.74, 6) is 0.365. The minimum atomic E-state index is -0.260. The molecule has 3 nitrogen and oxygen atoms in total. The number of thioether (sulfide) groups is 1. The van der Waals surface area contributed by atoms with Crippen molar-refractivity contribution >= 4 is 23.3 Å². The first-order chi connectivity index (χ1) is 9.02. The molecule has 4 N–H and O–H groups in total. The number of anilines is 1. The number of nitrogens with zero attached hydrogens (tertiary/aromatic N) is 1. The fraction of sp³-hybridized carbons (Fsp3) is 0.500. The molecule has 1 aromatic carbocycles. The molecule has 0 spiro atoms. The minimum Gasteiger partial charge on any atom is -0.399 e. The molecule has 2 rings (SSSR count). The summed E-state index contributed by atoms with van der Waals surface area (Å²) in [5.41, 5.74) is 13.0. The van der Waals surface area contributed by atoms with Crippen LogP contribution in [0.15, 0.2) is 23.2 Å². The zero-order valence-corrected chi connectivity index (χ0v) is 12.1. The van der Waals surface area contributed by atoms with Crippen LogP contribution >= 0.6 is 11.8 Å². The van der Waals surface area contributed by atoms with Crippen molar-refractivity contribution in [2.24, 2.45) is 10.7 Å². The number of hydrogen-bond acceptors (Lipinski definition) is 4. The highest BCUT2D eigenvalue weighted by Crippen LogP contribution is 2.41. The highest BCUT2D eigenvalue weighted by atomic mass is 32.2. The Hall–Kier alpha value is -1.23. The molecule has 0 saturated heterocycles. The van der Waals surface area contributed by atoms with E-state index in [2.05, 4.69) is 11.9 Å². The molecule has 1 aromatic rings. The number of benzene rings is 1. The van der Waals surface area contributed by atoms with E-state index in [1.807, 2.05) is 6.26 Å². The Morgan fingerprint density at radius 3 is 2.79 bits per heavy atom. The van der Waals surface area contributed by atoms with Gasteiger partial charge in [0.2, 0.25) is 0 Å².